The van der Waals surface area contributed by atoms with E-state index < -0.39 is 11.1 Å². The summed E-state index contributed by atoms with van der Waals surface area (Å²) in [4.78, 5) is 54.8. The molecule has 2 saturated heterocycles. The Balaban J connectivity index is 1.38. The lowest BCUT2D eigenvalue weighted by atomic mass is 10.0. The highest BCUT2D eigenvalue weighted by Gasteiger charge is 2.36. The standard InChI is InChI=1S/C29H29N3O4S/c1-19-10-12-21(13-11-19)25(33)17-32-28(35)26(37-29(32)36)15-22-16-30(24-9-4-3-8-23(22)24)18-27(34)31-14-6-5-7-20(31)2/h3-4,8-13,15-16,20H,5-7,14,17-18H2,1-2H3/b26-15-/t20-/m1/s1. The summed E-state index contributed by atoms with van der Waals surface area (Å²) in [7, 11) is 0. The first-order valence-electron chi connectivity index (χ1n) is 12.5. The van der Waals surface area contributed by atoms with Gasteiger partial charge >= 0.3 is 0 Å². The molecular formula is C29H29N3O4S. The van der Waals surface area contributed by atoms with E-state index in [-0.39, 0.29) is 35.7 Å². The van der Waals surface area contributed by atoms with Gasteiger partial charge in [-0.3, -0.25) is 24.1 Å². The summed E-state index contributed by atoms with van der Waals surface area (Å²) in [6.07, 6.45) is 6.74. The maximum Gasteiger partial charge on any atom is 0.293 e. The molecule has 3 aromatic rings. The molecule has 0 N–H and O–H groups in total. The molecule has 1 atom stereocenters. The third-order valence-corrected chi connectivity index (χ3v) is 7.99. The number of piperidine rings is 1. The van der Waals surface area contributed by atoms with Gasteiger partial charge in [0.15, 0.2) is 5.78 Å². The number of Topliss-reactive ketones (excluding diaryl/α,β-unsaturated/α-hetero) is 1. The van der Waals surface area contributed by atoms with E-state index in [0.29, 0.717) is 5.56 Å². The second kappa shape index (κ2) is 10.4. The Morgan fingerprint density at radius 3 is 2.54 bits per heavy atom. The Bertz CT molecular complexity index is 1420. The van der Waals surface area contributed by atoms with Gasteiger partial charge in [0.25, 0.3) is 11.1 Å². The molecule has 5 rings (SSSR count). The molecule has 1 aromatic heterocycles. The highest BCUT2D eigenvalue weighted by molar-refractivity contribution is 8.18. The Labute approximate surface area is 220 Å². The fraction of sp³-hybridized carbons (Fsp3) is 0.310. The Morgan fingerprint density at radius 1 is 1.03 bits per heavy atom. The van der Waals surface area contributed by atoms with Crippen molar-refractivity contribution >= 4 is 51.6 Å². The summed E-state index contributed by atoms with van der Waals surface area (Å²) in [5.41, 5.74) is 3.13. The maximum absolute atomic E-state index is 13.1. The Hall–Kier alpha value is -3.65. The molecule has 0 saturated carbocycles. The minimum atomic E-state index is -0.481. The van der Waals surface area contributed by atoms with E-state index in [1.54, 1.807) is 18.2 Å². The van der Waals surface area contributed by atoms with Crippen LogP contribution in [0.25, 0.3) is 17.0 Å². The molecular weight excluding hydrogens is 486 g/mol. The average molecular weight is 516 g/mol. The number of ketones is 1. The van der Waals surface area contributed by atoms with E-state index in [2.05, 4.69) is 6.92 Å². The molecule has 3 heterocycles. The number of hydrogen-bond donors (Lipinski definition) is 0. The van der Waals surface area contributed by atoms with Crippen LogP contribution in [0.2, 0.25) is 0 Å². The monoisotopic (exact) mass is 515 g/mol. The van der Waals surface area contributed by atoms with Crippen LogP contribution < -0.4 is 0 Å². The fourth-order valence-electron chi connectivity index (χ4n) is 4.98. The van der Waals surface area contributed by atoms with Crippen LogP contribution in [-0.2, 0) is 16.1 Å². The summed E-state index contributed by atoms with van der Waals surface area (Å²) in [6, 6.07) is 15.0. The first kappa shape index (κ1) is 25.0. The predicted octanol–water partition coefficient (Wildman–Crippen LogP) is 5.27. The van der Waals surface area contributed by atoms with Gasteiger partial charge in [-0.25, -0.2) is 0 Å². The average Bonchev–Trinajstić information content (AvgIpc) is 3.36. The van der Waals surface area contributed by atoms with Crippen LogP contribution in [0, 0.1) is 6.92 Å². The summed E-state index contributed by atoms with van der Waals surface area (Å²) < 4.78 is 1.91. The number of benzene rings is 2. The van der Waals surface area contributed by atoms with Crippen LogP contribution in [0.15, 0.2) is 59.6 Å². The van der Waals surface area contributed by atoms with Crippen LogP contribution >= 0.6 is 11.8 Å². The number of fused-ring (bicyclic) bond motifs is 1. The molecule has 2 aromatic carbocycles. The number of aromatic nitrogens is 1. The van der Waals surface area contributed by atoms with Gasteiger partial charge in [0.2, 0.25) is 5.91 Å². The lowest BCUT2D eigenvalue weighted by Gasteiger charge is -2.33. The second-order valence-corrected chi connectivity index (χ2v) is 10.7. The van der Waals surface area contributed by atoms with E-state index in [9.17, 15) is 19.2 Å². The number of para-hydroxylation sites is 1. The molecule has 0 aliphatic carbocycles. The van der Waals surface area contributed by atoms with E-state index in [1.807, 2.05) is 59.0 Å². The Morgan fingerprint density at radius 2 is 1.78 bits per heavy atom. The minimum absolute atomic E-state index is 0.0782. The van der Waals surface area contributed by atoms with Crippen LogP contribution in [-0.4, -0.2) is 56.3 Å². The van der Waals surface area contributed by atoms with Gasteiger partial charge in [0.05, 0.1) is 11.4 Å². The number of hydrogen-bond acceptors (Lipinski definition) is 5. The Kier molecular flexibility index (Phi) is 7.02. The molecule has 2 aliphatic rings. The molecule has 190 valence electrons. The normalized spacial score (nSPS) is 19.3. The summed E-state index contributed by atoms with van der Waals surface area (Å²) in [6.45, 7) is 4.72. The topological polar surface area (TPSA) is 79.7 Å². The molecule has 8 heteroatoms. The third-order valence-electron chi connectivity index (χ3n) is 7.08. The van der Waals surface area contributed by atoms with Gasteiger partial charge in [0, 0.05) is 40.8 Å². The van der Waals surface area contributed by atoms with Crippen molar-refractivity contribution in [3.05, 3.63) is 76.3 Å². The lowest BCUT2D eigenvalue weighted by molar-refractivity contribution is -0.135. The van der Waals surface area contributed by atoms with Crippen LogP contribution in [0.3, 0.4) is 0 Å². The van der Waals surface area contributed by atoms with Gasteiger partial charge in [-0.05, 0) is 57.0 Å². The number of aryl methyl sites for hydroxylation is 1. The second-order valence-electron chi connectivity index (χ2n) is 9.72. The number of carbonyl (C=O) groups excluding carboxylic acids is 4. The maximum atomic E-state index is 13.1. The van der Waals surface area contributed by atoms with Crippen LogP contribution in [0.1, 0.15) is 47.7 Å². The largest absolute Gasteiger partial charge is 0.338 e. The summed E-state index contributed by atoms with van der Waals surface area (Å²) in [5.74, 6) is -0.689. The molecule has 2 fully saturated rings. The SMILES string of the molecule is Cc1ccc(C(=O)CN2C(=O)S/C(=C\c3cn(CC(=O)N4CCCC[C@H]4C)c4ccccc34)C2=O)cc1. The number of amides is 3. The van der Waals surface area contributed by atoms with Gasteiger partial charge < -0.3 is 9.47 Å². The molecule has 3 amide bonds. The van der Waals surface area contributed by atoms with Gasteiger partial charge in [-0.1, -0.05) is 48.0 Å². The molecule has 37 heavy (non-hydrogen) atoms. The van der Waals surface area contributed by atoms with E-state index in [0.717, 1.165) is 64.5 Å². The van der Waals surface area contributed by atoms with E-state index >= 15 is 0 Å². The quantitative estimate of drug-likeness (QED) is 0.330. The fourth-order valence-corrected chi connectivity index (χ4v) is 5.81. The zero-order valence-corrected chi connectivity index (χ0v) is 21.8. The number of rotatable bonds is 6. The summed E-state index contributed by atoms with van der Waals surface area (Å²) >= 11 is 0.833. The van der Waals surface area contributed by atoms with Gasteiger partial charge in [0.1, 0.15) is 6.54 Å². The molecule has 0 radical (unpaired) electrons. The van der Waals surface area contributed by atoms with Crippen LogP contribution in [0.4, 0.5) is 4.79 Å². The smallest absolute Gasteiger partial charge is 0.293 e. The van der Waals surface area contributed by atoms with Crippen molar-refractivity contribution in [1.82, 2.24) is 14.4 Å². The summed E-state index contributed by atoms with van der Waals surface area (Å²) in [5, 5.41) is 0.430. The van der Waals surface area contributed by atoms with Crippen molar-refractivity contribution in [3.63, 3.8) is 0 Å². The van der Waals surface area contributed by atoms with E-state index in [1.165, 1.54) is 0 Å². The zero-order chi connectivity index (χ0) is 26.1. The van der Waals surface area contributed by atoms with E-state index in [4.69, 9.17) is 0 Å². The lowest BCUT2D eigenvalue weighted by Crippen LogP contribution is -2.43. The number of thioether (sulfide) groups is 1. The third kappa shape index (κ3) is 5.11. The minimum Gasteiger partial charge on any atom is -0.338 e. The predicted molar refractivity (Wildman–Crippen MR) is 145 cm³/mol. The molecule has 7 nitrogen and oxygen atoms in total. The number of imide groups is 1. The van der Waals surface area contributed by atoms with Gasteiger partial charge in [-0.2, -0.15) is 0 Å². The highest BCUT2D eigenvalue weighted by Crippen LogP contribution is 2.34. The van der Waals surface area contributed by atoms with Gasteiger partial charge in [-0.15, -0.1) is 0 Å². The highest BCUT2D eigenvalue weighted by atomic mass is 32.2. The van der Waals surface area contributed by atoms with Crippen molar-refractivity contribution in [3.8, 4) is 0 Å². The van der Waals surface area contributed by atoms with Crippen molar-refractivity contribution < 1.29 is 19.2 Å². The molecule has 0 unspecified atom stereocenters. The van der Waals surface area contributed by atoms with Crippen LogP contribution in [0.5, 0.6) is 0 Å². The molecule has 0 bridgehead atoms. The molecule has 2 aliphatic heterocycles. The van der Waals surface area contributed by atoms with Crippen molar-refractivity contribution in [1.29, 1.82) is 0 Å². The van der Waals surface area contributed by atoms with Crippen molar-refractivity contribution in [2.75, 3.05) is 13.1 Å². The molecule has 0 spiro atoms. The first-order chi connectivity index (χ1) is 17.8. The number of carbonyl (C=O) groups is 4. The van der Waals surface area contributed by atoms with Crippen molar-refractivity contribution in [2.45, 2.75) is 45.7 Å². The van der Waals surface area contributed by atoms with Crippen molar-refractivity contribution in [2.24, 2.45) is 0 Å². The number of nitrogens with zero attached hydrogens (tertiary/aromatic N) is 3. The first-order valence-corrected chi connectivity index (χ1v) is 13.4. The number of likely N-dealkylation sites (tertiary alicyclic amines) is 1. The zero-order valence-electron chi connectivity index (χ0n) is 21.0.